The smallest absolute Gasteiger partial charge is 0.229 e. The number of rotatable bonds is 8. The van der Waals surface area contributed by atoms with Crippen LogP contribution in [-0.2, 0) is 0 Å². The van der Waals surface area contributed by atoms with Crippen molar-refractivity contribution in [3.8, 4) is 17.0 Å². The molecule has 1 aromatic heterocycles. The van der Waals surface area contributed by atoms with Crippen LogP contribution >= 0.6 is 0 Å². The number of methoxy groups -OCH3 is 1. The largest absolute Gasteiger partial charge is 0.497 e. The van der Waals surface area contributed by atoms with Gasteiger partial charge in [0.15, 0.2) is 0 Å². The number of ether oxygens (including phenoxy) is 1. The van der Waals surface area contributed by atoms with Gasteiger partial charge in [-0.3, -0.25) is 0 Å². The molecule has 0 amide bonds. The summed E-state index contributed by atoms with van der Waals surface area (Å²) >= 11 is 0. The molecule has 0 atom stereocenters. The number of nitrogens with one attached hydrogen (secondary N) is 1. The maximum absolute atomic E-state index is 5.30. The second-order valence-electron chi connectivity index (χ2n) is 6.43. The molecule has 0 aliphatic rings. The summed E-state index contributed by atoms with van der Waals surface area (Å²) < 4.78 is 5.30. The third-order valence-electron chi connectivity index (χ3n) is 4.35. The van der Waals surface area contributed by atoms with Crippen LogP contribution in [0.4, 0.5) is 17.5 Å². The van der Waals surface area contributed by atoms with Crippen molar-refractivity contribution in [1.29, 1.82) is 0 Å². The zero-order valence-corrected chi connectivity index (χ0v) is 16.1. The van der Waals surface area contributed by atoms with Crippen molar-refractivity contribution in [3.63, 3.8) is 0 Å². The van der Waals surface area contributed by atoms with Gasteiger partial charge in [0.05, 0.1) is 12.8 Å². The van der Waals surface area contributed by atoms with E-state index in [1.54, 1.807) is 7.11 Å². The van der Waals surface area contributed by atoms with Crippen molar-refractivity contribution in [2.75, 3.05) is 30.9 Å². The van der Waals surface area contributed by atoms with Crippen LogP contribution < -0.4 is 15.0 Å². The van der Waals surface area contributed by atoms with Gasteiger partial charge in [0.25, 0.3) is 0 Å². The van der Waals surface area contributed by atoms with E-state index in [4.69, 9.17) is 14.7 Å². The van der Waals surface area contributed by atoms with Crippen molar-refractivity contribution in [2.45, 2.75) is 19.8 Å². The van der Waals surface area contributed by atoms with Crippen molar-refractivity contribution in [2.24, 2.45) is 0 Å². The first-order chi connectivity index (χ1) is 13.2. The van der Waals surface area contributed by atoms with Gasteiger partial charge < -0.3 is 15.0 Å². The summed E-state index contributed by atoms with van der Waals surface area (Å²) in [5, 5.41) is 3.31. The van der Waals surface area contributed by atoms with Crippen LogP contribution in [0.25, 0.3) is 11.3 Å². The van der Waals surface area contributed by atoms with Gasteiger partial charge in [-0.1, -0.05) is 49.7 Å². The fourth-order valence-electron chi connectivity index (χ4n) is 2.78. The Kier molecular flexibility index (Phi) is 6.26. The number of unbranched alkanes of at least 4 members (excludes halogenated alkanes) is 1. The van der Waals surface area contributed by atoms with Crippen LogP contribution in [0.3, 0.4) is 0 Å². The maximum atomic E-state index is 5.30. The summed E-state index contributed by atoms with van der Waals surface area (Å²) in [4.78, 5) is 11.6. The van der Waals surface area contributed by atoms with Crippen molar-refractivity contribution in [1.82, 2.24) is 9.97 Å². The van der Waals surface area contributed by atoms with Gasteiger partial charge in [0.2, 0.25) is 5.95 Å². The predicted molar refractivity (Wildman–Crippen MR) is 112 cm³/mol. The molecule has 5 heteroatoms. The number of nitrogens with zero attached hydrogens (tertiary/aromatic N) is 3. The lowest BCUT2D eigenvalue weighted by Gasteiger charge is -2.19. The lowest BCUT2D eigenvalue weighted by atomic mass is 10.1. The summed E-state index contributed by atoms with van der Waals surface area (Å²) in [7, 11) is 3.73. The highest BCUT2D eigenvalue weighted by Crippen LogP contribution is 2.25. The van der Waals surface area contributed by atoms with Gasteiger partial charge in [0, 0.05) is 37.0 Å². The lowest BCUT2D eigenvalue weighted by Crippen LogP contribution is -2.20. The number of hydrogen-bond donors (Lipinski definition) is 1. The number of hydrogen-bond acceptors (Lipinski definition) is 5. The fraction of sp³-hybridized carbons (Fsp3) is 0.273. The molecule has 0 unspecified atom stereocenters. The highest BCUT2D eigenvalue weighted by molar-refractivity contribution is 5.66. The van der Waals surface area contributed by atoms with Gasteiger partial charge in [-0.15, -0.1) is 0 Å². The minimum Gasteiger partial charge on any atom is -0.497 e. The average Bonchev–Trinajstić information content (AvgIpc) is 2.72. The van der Waals surface area contributed by atoms with Gasteiger partial charge in [-0.2, -0.15) is 4.98 Å². The molecule has 0 aliphatic carbocycles. The quantitative estimate of drug-likeness (QED) is 0.602. The van der Waals surface area contributed by atoms with Crippen molar-refractivity contribution >= 4 is 17.5 Å². The second kappa shape index (κ2) is 9.03. The summed E-state index contributed by atoms with van der Waals surface area (Å²) in [6.07, 6.45) is 2.27. The Morgan fingerprint density at radius 1 is 1.00 bits per heavy atom. The van der Waals surface area contributed by atoms with Gasteiger partial charge in [-0.25, -0.2) is 4.98 Å². The number of anilines is 3. The average molecular weight is 362 g/mol. The molecular formula is C22H26N4O. The minimum absolute atomic E-state index is 0.572. The molecule has 0 saturated heterocycles. The minimum atomic E-state index is 0.572. The Balaban J connectivity index is 1.96. The van der Waals surface area contributed by atoms with E-state index in [2.05, 4.69) is 36.3 Å². The van der Waals surface area contributed by atoms with Gasteiger partial charge >= 0.3 is 0 Å². The van der Waals surface area contributed by atoms with E-state index in [0.717, 1.165) is 47.9 Å². The predicted octanol–water partition coefficient (Wildman–Crippen LogP) is 5.13. The van der Waals surface area contributed by atoms with E-state index in [-0.39, 0.29) is 0 Å². The Hall–Kier alpha value is -3.08. The van der Waals surface area contributed by atoms with Crippen molar-refractivity contribution < 1.29 is 4.74 Å². The molecule has 0 radical (unpaired) electrons. The van der Waals surface area contributed by atoms with E-state index in [1.165, 1.54) is 0 Å². The number of aromatic nitrogens is 2. The molecule has 0 aliphatic heterocycles. The molecule has 27 heavy (non-hydrogen) atoms. The Labute approximate surface area is 161 Å². The van der Waals surface area contributed by atoms with E-state index in [1.807, 2.05) is 48.5 Å². The summed E-state index contributed by atoms with van der Waals surface area (Å²) in [6.45, 7) is 3.15. The van der Waals surface area contributed by atoms with E-state index in [9.17, 15) is 0 Å². The third kappa shape index (κ3) is 4.97. The SMILES string of the molecule is CCCCN(C)c1cc(-c2ccccc2)nc(Nc2cccc(OC)c2)n1. The summed E-state index contributed by atoms with van der Waals surface area (Å²) in [5.74, 6) is 2.27. The Bertz CT molecular complexity index is 867. The highest BCUT2D eigenvalue weighted by atomic mass is 16.5. The van der Waals surface area contributed by atoms with Crippen LogP contribution in [0.1, 0.15) is 19.8 Å². The number of benzene rings is 2. The molecule has 3 aromatic rings. The molecule has 0 saturated carbocycles. The van der Waals surface area contributed by atoms with Crippen LogP contribution in [0, 0.1) is 0 Å². The monoisotopic (exact) mass is 362 g/mol. The topological polar surface area (TPSA) is 50.3 Å². The summed E-state index contributed by atoms with van der Waals surface area (Å²) in [6, 6.07) is 20.0. The zero-order valence-electron chi connectivity index (χ0n) is 16.1. The molecule has 5 nitrogen and oxygen atoms in total. The molecule has 1 heterocycles. The molecule has 0 fully saturated rings. The molecule has 3 rings (SSSR count). The lowest BCUT2D eigenvalue weighted by molar-refractivity contribution is 0.415. The molecule has 140 valence electrons. The van der Waals surface area contributed by atoms with Crippen LogP contribution in [0.15, 0.2) is 60.7 Å². The standard InChI is InChI=1S/C22H26N4O/c1-4-5-14-26(2)21-16-20(17-10-7-6-8-11-17)24-22(25-21)23-18-12-9-13-19(15-18)27-3/h6-13,15-16H,4-5,14H2,1-3H3,(H,23,24,25). The molecule has 0 bridgehead atoms. The first-order valence-electron chi connectivity index (χ1n) is 9.26. The van der Waals surface area contributed by atoms with E-state index in [0.29, 0.717) is 5.95 Å². The highest BCUT2D eigenvalue weighted by Gasteiger charge is 2.10. The molecule has 2 aromatic carbocycles. The summed E-state index contributed by atoms with van der Waals surface area (Å²) in [5.41, 5.74) is 2.86. The molecular weight excluding hydrogens is 336 g/mol. The van der Waals surface area contributed by atoms with Crippen LogP contribution in [-0.4, -0.2) is 30.7 Å². The van der Waals surface area contributed by atoms with Crippen molar-refractivity contribution in [3.05, 3.63) is 60.7 Å². The maximum Gasteiger partial charge on any atom is 0.229 e. The molecule has 0 spiro atoms. The zero-order chi connectivity index (χ0) is 19.1. The second-order valence-corrected chi connectivity index (χ2v) is 6.43. The third-order valence-corrected chi connectivity index (χ3v) is 4.35. The normalized spacial score (nSPS) is 10.5. The first kappa shape index (κ1) is 18.7. The van der Waals surface area contributed by atoms with E-state index >= 15 is 0 Å². The molecule has 1 N–H and O–H groups in total. The van der Waals surface area contributed by atoms with Crippen LogP contribution in [0.2, 0.25) is 0 Å². The van der Waals surface area contributed by atoms with Gasteiger partial charge in [-0.05, 0) is 18.6 Å². The Morgan fingerprint density at radius 2 is 1.81 bits per heavy atom. The van der Waals surface area contributed by atoms with E-state index < -0.39 is 0 Å². The fourth-order valence-corrected chi connectivity index (χ4v) is 2.78. The van der Waals surface area contributed by atoms with Gasteiger partial charge in [0.1, 0.15) is 11.6 Å². The van der Waals surface area contributed by atoms with Crippen LogP contribution in [0.5, 0.6) is 5.75 Å². The first-order valence-corrected chi connectivity index (χ1v) is 9.26. The Morgan fingerprint density at radius 3 is 2.56 bits per heavy atom.